The molecule has 1 heterocycles. The van der Waals surface area contributed by atoms with Crippen LogP contribution in [0.3, 0.4) is 0 Å². The van der Waals surface area contributed by atoms with Gasteiger partial charge in [-0.2, -0.15) is 0 Å². The van der Waals surface area contributed by atoms with E-state index >= 15 is 0 Å². The quantitative estimate of drug-likeness (QED) is 0.225. The predicted octanol–water partition coefficient (Wildman–Crippen LogP) is 7.26. The number of hydrogen-bond acceptors (Lipinski definition) is 5. The highest BCUT2D eigenvalue weighted by Gasteiger charge is 2.32. The smallest absolute Gasteiger partial charge is 0.230 e. The van der Waals surface area contributed by atoms with Gasteiger partial charge in [-0.15, -0.1) is 11.3 Å². The Hall–Kier alpha value is -2.92. The molecule has 1 amide bonds. The van der Waals surface area contributed by atoms with E-state index in [4.69, 9.17) is 4.74 Å². The van der Waals surface area contributed by atoms with Gasteiger partial charge in [-0.25, -0.2) is 4.98 Å². The molecule has 1 N–H and O–H groups in total. The summed E-state index contributed by atoms with van der Waals surface area (Å²) in [4.78, 5) is 20.6. The molecule has 0 radical (unpaired) electrons. The normalized spacial score (nSPS) is 22.4. The molecule has 228 valence electrons. The van der Waals surface area contributed by atoms with Gasteiger partial charge >= 0.3 is 0 Å². The van der Waals surface area contributed by atoms with Crippen LogP contribution in [0.4, 0.5) is 5.69 Å². The zero-order chi connectivity index (χ0) is 30.6. The number of carbonyl (C=O) groups excluding carboxylic acids is 1. The molecular formula is C36H46N2O3SSi. The molecule has 2 aliphatic carbocycles. The molecule has 0 aliphatic heterocycles. The fraction of sp³-hybridized carbons (Fsp3) is 0.500. The van der Waals surface area contributed by atoms with Gasteiger partial charge in [-0.3, -0.25) is 4.79 Å². The third-order valence-corrected chi connectivity index (χ3v) is 13.7. The van der Waals surface area contributed by atoms with Gasteiger partial charge < -0.3 is 14.7 Å². The van der Waals surface area contributed by atoms with Crippen LogP contribution < -0.4 is 14.1 Å². The number of hydrogen-bond donors (Lipinski definition) is 1. The minimum atomic E-state index is -1.41. The number of rotatable bonds is 7. The first kappa shape index (κ1) is 31.5. The zero-order valence-corrected chi connectivity index (χ0v) is 28.2. The van der Waals surface area contributed by atoms with Crippen molar-refractivity contribution in [3.8, 4) is 17.6 Å². The lowest BCUT2D eigenvalue weighted by Crippen LogP contribution is -2.41. The largest absolute Gasteiger partial charge is 0.496 e. The highest BCUT2D eigenvalue weighted by atomic mass is 32.1. The van der Waals surface area contributed by atoms with Crippen LogP contribution in [0.5, 0.6) is 5.75 Å². The number of aryl methyl sites for hydroxylation is 1. The predicted molar refractivity (Wildman–Crippen MR) is 180 cm³/mol. The van der Waals surface area contributed by atoms with Crippen molar-refractivity contribution in [3.05, 3.63) is 70.4 Å². The standard InChI is InChI=1S/C36H46N2O3SSi/c1-25-21-30(16-19-33(25)41-2)28-12-9-27(10-13-28)24-38(36(40)29-14-17-32(39)18-15-29)31-8-6-7-26(22-31)11-20-34-37-23-35(42-34)43(3,4)5/h6-8,16,19,21-23,27-29,32,39H,9-10,12-15,17-18,24H2,1-5H3/t27-,28-,29-,32-. The second kappa shape index (κ2) is 13.8. The average molecular weight is 615 g/mol. The Kier molecular flexibility index (Phi) is 10.1. The Labute approximate surface area is 262 Å². The maximum Gasteiger partial charge on any atom is 0.230 e. The van der Waals surface area contributed by atoms with Crippen molar-refractivity contribution in [2.24, 2.45) is 11.8 Å². The van der Waals surface area contributed by atoms with Crippen molar-refractivity contribution in [2.45, 2.75) is 90.0 Å². The molecule has 43 heavy (non-hydrogen) atoms. The minimum absolute atomic E-state index is 0.0351. The van der Waals surface area contributed by atoms with Gasteiger partial charge in [0.1, 0.15) is 5.75 Å². The van der Waals surface area contributed by atoms with Gasteiger partial charge in [0.15, 0.2) is 5.01 Å². The molecule has 0 bridgehead atoms. The van der Waals surface area contributed by atoms with Crippen LogP contribution in [-0.4, -0.2) is 43.8 Å². The second-order valence-corrected chi connectivity index (χ2v) is 19.9. The minimum Gasteiger partial charge on any atom is -0.496 e. The number of aliphatic hydroxyl groups excluding tert-OH is 1. The first-order valence-corrected chi connectivity index (χ1v) is 20.1. The van der Waals surface area contributed by atoms with Crippen molar-refractivity contribution in [3.63, 3.8) is 0 Å². The van der Waals surface area contributed by atoms with Crippen molar-refractivity contribution in [1.82, 2.24) is 4.98 Å². The number of ether oxygens (including phenoxy) is 1. The Morgan fingerprint density at radius 3 is 2.42 bits per heavy atom. The molecule has 0 spiro atoms. The van der Waals surface area contributed by atoms with Crippen molar-refractivity contribution in [1.29, 1.82) is 0 Å². The number of thiazole rings is 1. The van der Waals surface area contributed by atoms with Crippen LogP contribution in [0, 0.1) is 30.6 Å². The fourth-order valence-electron chi connectivity index (χ4n) is 6.51. The van der Waals surface area contributed by atoms with Gasteiger partial charge in [0.05, 0.1) is 21.3 Å². The van der Waals surface area contributed by atoms with E-state index in [9.17, 15) is 9.90 Å². The maximum absolute atomic E-state index is 14.0. The van der Waals surface area contributed by atoms with Gasteiger partial charge in [-0.05, 0) is 111 Å². The Morgan fingerprint density at radius 2 is 1.77 bits per heavy atom. The Bertz CT molecular complexity index is 1470. The first-order chi connectivity index (χ1) is 20.6. The first-order valence-electron chi connectivity index (χ1n) is 15.8. The summed E-state index contributed by atoms with van der Waals surface area (Å²) in [6.07, 6.45) is 9.10. The van der Waals surface area contributed by atoms with E-state index in [0.717, 1.165) is 67.1 Å². The van der Waals surface area contributed by atoms with E-state index in [1.807, 2.05) is 23.2 Å². The molecule has 2 saturated carbocycles. The third kappa shape index (κ3) is 7.97. The topological polar surface area (TPSA) is 62.7 Å². The Morgan fingerprint density at radius 1 is 1.02 bits per heavy atom. The maximum atomic E-state index is 14.0. The average Bonchev–Trinajstić information content (AvgIpc) is 3.49. The van der Waals surface area contributed by atoms with Gasteiger partial charge in [0, 0.05) is 34.4 Å². The van der Waals surface area contributed by atoms with Crippen LogP contribution in [0.2, 0.25) is 19.6 Å². The van der Waals surface area contributed by atoms with E-state index in [0.29, 0.717) is 24.7 Å². The van der Waals surface area contributed by atoms with Crippen molar-refractivity contribution in [2.75, 3.05) is 18.6 Å². The fourth-order valence-corrected chi connectivity index (χ4v) is 9.00. The SMILES string of the molecule is COc1ccc([C@H]2CC[C@H](CN(c3cccc(C#Cc4ncc([Si](C)(C)C)s4)c3)C(=O)[C@H]3CC[C@H](O)CC3)CC2)cc1C. The van der Waals surface area contributed by atoms with Crippen LogP contribution in [0.15, 0.2) is 48.7 Å². The summed E-state index contributed by atoms with van der Waals surface area (Å²) < 4.78 is 6.82. The van der Waals surface area contributed by atoms with Gasteiger partial charge in [-0.1, -0.05) is 43.8 Å². The molecule has 0 unspecified atom stereocenters. The lowest BCUT2D eigenvalue weighted by Gasteiger charge is -2.36. The van der Waals surface area contributed by atoms with E-state index < -0.39 is 8.07 Å². The summed E-state index contributed by atoms with van der Waals surface area (Å²) in [6.45, 7) is 9.82. The molecular weight excluding hydrogens is 569 g/mol. The van der Waals surface area contributed by atoms with Crippen LogP contribution in [0.25, 0.3) is 0 Å². The Balaban J connectivity index is 1.32. The lowest BCUT2D eigenvalue weighted by molar-refractivity contribution is -0.124. The molecule has 0 atom stereocenters. The lowest BCUT2D eigenvalue weighted by atomic mass is 9.78. The highest BCUT2D eigenvalue weighted by Crippen LogP contribution is 2.38. The molecule has 0 saturated heterocycles. The van der Waals surface area contributed by atoms with E-state index in [-0.39, 0.29) is 17.9 Å². The van der Waals surface area contributed by atoms with E-state index in [2.05, 4.69) is 73.7 Å². The monoisotopic (exact) mass is 614 g/mol. The van der Waals surface area contributed by atoms with Gasteiger partial charge in [0.2, 0.25) is 5.91 Å². The molecule has 5 nitrogen and oxygen atoms in total. The van der Waals surface area contributed by atoms with Crippen molar-refractivity contribution >= 4 is 35.5 Å². The summed E-state index contributed by atoms with van der Waals surface area (Å²) in [5.41, 5.74) is 4.41. The molecule has 2 aliphatic rings. The highest BCUT2D eigenvalue weighted by molar-refractivity contribution is 7.26. The van der Waals surface area contributed by atoms with E-state index in [1.54, 1.807) is 18.4 Å². The number of anilines is 1. The number of carbonyl (C=O) groups is 1. The number of aromatic nitrogens is 1. The molecule has 7 heteroatoms. The number of methoxy groups -OCH3 is 1. The van der Waals surface area contributed by atoms with Crippen LogP contribution in [-0.2, 0) is 4.79 Å². The van der Waals surface area contributed by atoms with Crippen molar-refractivity contribution < 1.29 is 14.6 Å². The third-order valence-electron chi connectivity index (χ3n) is 9.21. The molecule has 2 aromatic carbocycles. The number of aliphatic hydroxyl groups is 1. The molecule has 2 fully saturated rings. The summed E-state index contributed by atoms with van der Waals surface area (Å²) in [6, 6.07) is 14.7. The zero-order valence-electron chi connectivity index (χ0n) is 26.4. The summed E-state index contributed by atoms with van der Waals surface area (Å²) >= 11 is 1.70. The summed E-state index contributed by atoms with van der Waals surface area (Å²) in [7, 11) is 0.318. The number of amides is 1. The molecule has 5 rings (SSSR count). The summed E-state index contributed by atoms with van der Waals surface area (Å²) in [5, 5.41) is 10.9. The molecule has 3 aromatic rings. The number of benzene rings is 2. The second-order valence-electron chi connectivity index (χ2n) is 13.5. The number of nitrogens with zero attached hydrogens (tertiary/aromatic N) is 2. The molecule has 1 aromatic heterocycles. The van der Waals surface area contributed by atoms with E-state index in [1.165, 1.54) is 15.6 Å². The van der Waals surface area contributed by atoms with Crippen LogP contribution >= 0.6 is 11.3 Å². The van der Waals surface area contributed by atoms with Crippen LogP contribution in [0.1, 0.15) is 79.0 Å². The van der Waals surface area contributed by atoms with Gasteiger partial charge in [0.25, 0.3) is 0 Å². The summed E-state index contributed by atoms with van der Waals surface area (Å²) in [5.74, 6) is 8.70.